The van der Waals surface area contributed by atoms with Crippen LogP contribution >= 0.6 is 15.9 Å². The summed E-state index contributed by atoms with van der Waals surface area (Å²) in [5, 5.41) is 3.15. The Bertz CT molecular complexity index is 877. The second-order valence-electron chi connectivity index (χ2n) is 8.45. The minimum Gasteiger partial charge on any atom is -0.484 e. The van der Waals surface area contributed by atoms with E-state index in [2.05, 4.69) is 28.2 Å². The second-order valence-corrected chi connectivity index (χ2v) is 9.37. The first-order valence-electron chi connectivity index (χ1n) is 11.5. The minimum atomic E-state index is -0.584. The van der Waals surface area contributed by atoms with Crippen LogP contribution < -0.4 is 10.1 Å². The molecule has 1 saturated carbocycles. The molecule has 0 saturated heterocycles. The normalized spacial score (nSPS) is 15.1. The zero-order chi connectivity index (χ0) is 22.9. The summed E-state index contributed by atoms with van der Waals surface area (Å²) < 4.78 is 6.73. The topological polar surface area (TPSA) is 58.6 Å². The van der Waals surface area contributed by atoms with Crippen LogP contribution in [0.15, 0.2) is 53.0 Å². The van der Waals surface area contributed by atoms with Crippen LogP contribution in [0.2, 0.25) is 0 Å². The number of amides is 2. The Kier molecular flexibility index (Phi) is 9.15. The predicted molar refractivity (Wildman–Crippen MR) is 130 cm³/mol. The summed E-state index contributed by atoms with van der Waals surface area (Å²) in [6.45, 7) is 4.14. The molecule has 2 aromatic carbocycles. The first kappa shape index (κ1) is 24.3. The molecule has 2 amide bonds. The molecule has 0 aromatic heterocycles. The molecular weight excluding hydrogens is 468 g/mol. The van der Waals surface area contributed by atoms with Crippen molar-refractivity contribution in [1.82, 2.24) is 10.2 Å². The molecule has 1 aliphatic carbocycles. The Morgan fingerprint density at radius 3 is 2.28 bits per heavy atom. The van der Waals surface area contributed by atoms with E-state index in [1.165, 1.54) is 12.0 Å². The third-order valence-electron chi connectivity index (χ3n) is 6.08. The van der Waals surface area contributed by atoms with Gasteiger partial charge in [-0.1, -0.05) is 66.4 Å². The third-order valence-corrected chi connectivity index (χ3v) is 6.61. The van der Waals surface area contributed by atoms with E-state index >= 15 is 0 Å². The molecule has 1 unspecified atom stereocenters. The maximum atomic E-state index is 13.2. The number of halogens is 1. The van der Waals surface area contributed by atoms with E-state index in [0.717, 1.165) is 42.1 Å². The van der Waals surface area contributed by atoms with Crippen molar-refractivity contribution in [2.75, 3.05) is 6.61 Å². The van der Waals surface area contributed by atoms with Crippen molar-refractivity contribution in [2.45, 2.75) is 71.0 Å². The standard InChI is InChI=1S/C26H33BrN2O3/c1-3-20-11-15-24(16-12-20)32-18-25(30)29(17-21-9-13-22(27)14-10-21)19(2)26(31)28-23-7-5-4-6-8-23/h9-16,19,23H,3-8,17-18H2,1-2H3,(H,28,31). The molecular formula is C26H33BrN2O3. The lowest BCUT2D eigenvalue weighted by atomic mass is 9.95. The van der Waals surface area contributed by atoms with Gasteiger partial charge in [-0.15, -0.1) is 0 Å². The number of nitrogens with zero attached hydrogens (tertiary/aromatic N) is 1. The van der Waals surface area contributed by atoms with Crippen LogP contribution in [0.1, 0.15) is 57.1 Å². The lowest BCUT2D eigenvalue weighted by molar-refractivity contribution is -0.142. The van der Waals surface area contributed by atoms with Crippen molar-refractivity contribution in [2.24, 2.45) is 0 Å². The fourth-order valence-electron chi connectivity index (χ4n) is 3.99. The molecule has 6 heteroatoms. The van der Waals surface area contributed by atoms with E-state index in [1.54, 1.807) is 11.8 Å². The highest BCUT2D eigenvalue weighted by Gasteiger charge is 2.28. The molecule has 1 atom stereocenters. The summed E-state index contributed by atoms with van der Waals surface area (Å²) in [4.78, 5) is 27.8. The molecule has 2 aromatic rings. The van der Waals surface area contributed by atoms with Crippen LogP contribution in [0.4, 0.5) is 0 Å². The molecule has 0 heterocycles. The van der Waals surface area contributed by atoms with Crippen molar-refractivity contribution in [3.63, 3.8) is 0 Å². The average molecular weight is 501 g/mol. The molecule has 1 fully saturated rings. The molecule has 32 heavy (non-hydrogen) atoms. The van der Waals surface area contributed by atoms with Crippen molar-refractivity contribution in [3.05, 3.63) is 64.1 Å². The Labute approximate surface area is 199 Å². The molecule has 0 spiro atoms. The molecule has 0 bridgehead atoms. The van der Waals surface area contributed by atoms with Gasteiger partial charge in [-0.05, 0) is 61.6 Å². The van der Waals surface area contributed by atoms with E-state index < -0.39 is 6.04 Å². The number of aryl methyl sites for hydroxylation is 1. The number of ether oxygens (including phenoxy) is 1. The van der Waals surface area contributed by atoms with Crippen molar-refractivity contribution < 1.29 is 14.3 Å². The van der Waals surface area contributed by atoms with Crippen molar-refractivity contribution in [3.8, 4) is 5.75 Å². The monoisotopic (exact) mass is 500 g/mol. The van der Waals surface area contributed by atoms with Gasteiger partial charge in [0, 0.05) is 17.1 Å². The molecule has 172 valence electrons. The quantitative estimate of drug-likeness (QED) is 0.510. The van der Waals surface area contributed by atoms with E-state index in [-0.39, 0.29) is 24.5 Å². The highest BCUT2D eigenvalue weighted by molar-refractivity contribution is 9.10. The smallest absolute Gasteiger partial charge is 0.261 e. The Morgan fingerprint density at radius 2 is 1.66 bits per heavy atom. The summed E-state index contributed by atoms with van der Waals surface area (Å²) in [7, 11) is 0. The second kappa shape index (κ2) is 12.0. The highest BCUT2D eigenvalue weighted by Crippen LogP contribution is 2.19. The number of hydrogen-bond donors (Lipinski definition) is 1. The minimum absolute atomic E-state index is 0.102. The molecule has 3 rings (SSSR count). The first-order valence-corrected chi connectivity index (χ1v) is 12.3. The Morgan fingerprint density at radius 1 is 1.03 bits per heavy atom. The summed E-state index contributed by atoms with van der Waals surface area (Å²) >= 11 is 3.44. The van der Waals surface area contributed by atoms with E-state index in [4.69, 9.17) is 4.74 Å². The van der Waals surface area contributed by atoms with E-state index in [9.17, 15) is 9.59 Å². The number of nitrogens with one attached hydrogen (secondary N) is 1. The number of benzene rings is 2. The lowest BCUT2D eigenvalue weighted by Crippen LogP contribution is -2.51. The summed E-state index contributed by atoms with van der Waals surface area (Å²) in [5.41, 5.74) is 2.18. The van der Waals surface area contributed by atoms with Gasteiger partial charge in [-0.2, -0.15) is 0 Å². The number of rotatable bonds is 9. The largest absolute Gasteiger partial charge is 0.484 e. The van der Waals surface area contributed by atoms with Gasteiger partial charge in [0.25, 0.3) is 5.91 Å². The highest BCUT2D eigenvalue weighted by atomic mass is 79.9. The van der Waals surface area contributed by atoms with Crippen LogP contribution in [-0.4, -0.2) is 35.4 Å². The maximum Gasteiger partial charge on any atom is 0.261 e. The zero-order valence-corrected chi connectivity index (χ0v) is 20.6. The summed E-state index contributed by atoms with van der Waals surface area (Å²) in [5.74, 6) is 0.340. The summed E-state index contributed by atoms with van der Waals surface area (Å²) in [6.07, 6.45) is 6.49. The van der Waals surface area contributed by atoms with Gasteiger partial charge in [0.15, 0.2) is 6.61 Å². The lowest BCUT2D eigenvalue weighted by Gasteiger charge is -2.31. The number of carbonyl (C=O) groups excluding carboxylic acids is 2. The molecule has 1 N–H and O–H groups in total. The van der Waals surface area contributed by atoms with Gasteiger partial charge in [0.05, 0.1) is 0 Å². The van der Waals surface area contributed by atoms with Crippen LogP contribution in [0.25, 0.3) is 0 Å². The Balaban J connectivity index is 1.68. The zero-order valence-electron chi connectivity index (χ0n) is 19.0. The molecule has 1 aliphatic rings. The number of hydrogen-bond acceptors (Lipinski definition) is 3. The van der Waals surface area contributed by atoms with Crippen LogP contribution in [0, 0.1) is 0 Å². The third kappa shape index (κ3) is 7.09. The maximum absolute atomic E-state index is 13.2. The van der Waals surface area contributed by atoms with Crippen molar-refractivity contribution in [1.29, 1.82) is 0 Å². The number of carbonyl (C=O) groups is 2. The van der Waals surface area contributed by atoms with E-state index in [1.807, 2.05) is 48.5 Å². The SMILES string of the molecule is CCc1ccc(OCC(=O)N(Cc2ccc(Br)cc2)C(C)C(=O)NC2CCCCC2)cc1. The van der Waals surface area contributed by atoms with Gasteiger partial charge in [-0.25, -0.2) is 0 Å². The molecule has 0 aliphatic heterocycles. The molecule has 0 radical (unpaired) electrons. The van der Waals surface area contributed by atoms with E-state index in [0.29, 0.717) is 12.3 Å². The van der Waals surface area contributed by atoms with Crippen LogP contribution in [-0.2, 0) is 22.6 Å². The fourth-order valence-corrected chi connectivity index (χ4v) is 4.25. The molecule has 5 nitrogen and oxygen atoms in total. The Hall–Kier alpha value is -2.34. The van der Waals surface area contributed by atoms with Gasteiger partial charge in [0.1, 0.15) is 11.8 Å². The first-order chi connectivity index (χ1) is 15.5. The summed E-state index contributed by atoms with van der Waals surface area (Å²) in [6, 6.07) is 15.2. The van der Waals surface area contributed by atoms with Crippen LogP contribution in [0.5, 0.6) is 5.75 Å². The van der Waals surface area contributed by atoms with Gasteiger partial charge >= 0.3 is 0 Å². The van der Waals surface area contributed by atoms with Crippen molar-refractivity contribution >= 4 is 27.7 Å². The predicted octanol–water partition coefficient (Wildman–Crippen LogP) is 5.26. The van der Waals surface area contributed by atoms with Gasteiger partial charge in [0.2, 0.25) is 5.91 Å². The van der Waals surface area contributed by atoms with Gasteiger partial charge < -0.3 is 15.0 Å². The van der Waals surface area contributed by atoms with Crippen LogP contribution in [0.3, 0.4) is 0 Å². The van der Waals surface area contributed by atoms with Gasteiger partial charge in [-0.3, -0.25) is 9.59 Å². The fraction of sp³-hybridized carbons (Fsp3) is 0.462. The average Bonchev–Trinajstić information content (AvgIpc) is 2.82.